The van der Waals surface area contributed by atoms with Crippen LogP contribution in [0.5, 0.6) is 11.5 Å². The number of benzene rings is 2. The van der Waals surface area contributed by atoms with Gasteiger partial charge in [0.1, 0.15) is 0 Å². The summed E-state index contributed by atoms with van der Waals surface area (Å²) in [6, 6.07) is 12.4. The Morgan fingerprint density at radius 3 is 2.21 bits per heavy atom. The molecule has 2 aromatic carbocycles. The van der Waals surface area contributed by atoms with Crippen LogP contribution >= 0.6 is 0 Å². The van der Waals surface area contributed by atoms with Crippen molar-refractivity contribution in [3.63, 3.8) is 0 Å². The summed E-state index contributed by atoms with van der Waals surface area (Å²) in [6.07, 6.45) is 3.20. The van der Waals surface area contributed by atoms with E-state index in [4.69, 9.17) is 9.47 Å². The van der Waals surface area contributed by atoms with Gasteiger partial charge in [0, 0.05) is 18.0 Å². The first-order valence-electron chi connectivity index (χ1n) is 9.71. The highest BCUT2D eigenvalue weighted by Gasteiger charge is 2.28. The van der Waals surface area contributed by atoms with Gasteiger partial charge >= 0.3 is 0 Å². The number of aryl methyl sites for hydroxylation is 1. The number of nitrogens with zero attached hydrogens (tertiary/aromatic N) is 2. The van der Waals surface area contributed by atoms with E-state index in [0.717, 1.165) is 22.0 Å². The molecule has 0 aliphatic carbocycles. The number of para-hydroxylation sites is 1. The zero-order valence-corrected chi connectivity index (χ0v) is 20.2. The molecule has 0 aliphatic rings. The van der Waals surface area contributed by atoms with E-state index < -0.39 is 26.0 Å². The minimum Gasteiger partial charge on any atom is -0.493 e. The fourth-order valence-electron chi connectivity index (χ4n) is 3.20. The lowest BCUT2D eigenvalue weighted by atomic mass is 10.1. The van der Waals surface area contributed by atoms with Gasteiger partial charge in [-0.1, -0.05) is 29.8 Å². The van der Waals surface area contributed by atoms with Crippen LogP contribution in [-0.4, -0.2) is 51.5 Å². The smallest absolute Gasteiger partial charge is 0.269 e. The Bertz CT molecular complexity index is 1380. The molecule has 3 rings (SSSR count). The minimum absolute atomic E-state index is 0.0452. The summed E-state index contributed by atoms with van der Waals surface area (Å²) in [7, 11) is -5.11. The molecule has 0 saturated carbocycles. The second-order valence-electron chi connectivity index (χ2n) is 7.28. The molecule has 33 heavy (non-hydrogen) atoms. The van der Waals surface area contributed by atoms with Gasteiger partial charge in [0.15, 0.2) is 11.5 Å². The first-order chi connectivity index (χ1) is 15.5. The number of hydrogen-bond donors (Lipinski definition) is 0. The zero-order valence-electron chi connectivity index (χ0n) is 18.5. The molecule has 0 aliphatic heterocycles. The molecule has 0 bridgehead atoms. The Kier molecular flexibility index (Phi) is 6.84. The molecule has 0 fully saturated rings. The monoisotopic (exact) mass is 492 g/mol. The predicted octanol–water partition coefficient (Wildman–Crippen LogP) is 2.65. The molecule has 0 radical (unpaired) electrons. The molecular weight excluding hydrogens is 468 g/mol. The molecule has 11 heteroatoms. The van der Waals surface area contributed by atoms with Gasteiger partial charge in [0.25, 0.3) is 15.9 Å². The number of ether oxygens (including phenoxy) is 2. The molecule has 0 spiro atoms. The Morgan fingerprint density at radius 2 is 1.64 bits per heavy atom. The lowest BCUT2D eigenvalue weighted by molar-refractivity contribution is 0.0855. The first-order valence-corrected chi connectivity index (χ1v) is 13.0. The van der Waals surface area contributed by atoms with Gasteiger partial charge in [-0.15, -0.1) is 0 Å². The van der Waals surface area contributed by atoms with Gasteiger partial charge in [-0.3, -0.25) is 4.79 Å². The van der Waals surface area contributed by atoms with Crippen LogP contribution in [0, 0.1) is 6.92 Å². The van der Waals surface area contributed by atoms with E-state index in [-0.39, 0.29) is 17.0 Å². The number of carbonyl (C=O) groups excluding carboxylic acids is 1. The second-order valence-corrected chi connectivity index (χ2v) is 11.0. The minimum atomic E-state index is -4.01. The number of rotatable bonds is 8. The van der Waals surface area contributed by atoms with Crippen molar-refractivity contribution in [2.75, 3.05) is 20.5 Å². The third kappa shape index (κ3) is 5.04. The molecule has 3 aromatic rings. The van der Waals surface area contributed by atoms with Gasteiger partial charge in [0.05, 0.1) is 37.5 Å². The maximum Gasteiger partial charge on any atom is 0.269 e. The van der Waals surface area contributed by atoms with Crippen LogP contribution in [0.3, 0.4) is 0 Å². The highest BCUT2D eigenvalue weighted by atomic mass is 32.2. The number of hydrogen-bond acceptors (Lipinski definition) is 7. The third-order valence-electron chi connectivity index (χ3n) is 4.94. The third-order valence-corrected chi connectivity index (χ3v) is 7.68. The summed E-state index contributed by atoms with van der Waals surface area (Å²) in [5, 5.41) is 0. The van der Waals surface area contributed by atoms with E-state index in [2.05, 4.69) is 0 Å². The number of carbonyl (C=O) groups is 1. The summed E-state index contributed by atoms with van der Waals surface area (Å²) in [6.45, 7) is 1.51. The maximum atomic E-state index is 13.1. The Labute approximate surface area is 193 Å². The Hall–Kier alpha value is -3.31. The zero-order chi connectivity index (χ0) is 24.4. The molecule has 0 unspecified atom stereocenters. The van der Waals surface area contributed by atoms with Crippen LogP contribution in [0.15, 0.2) is 65.8 Å². The van der Waals surface area contributed by atoms with Crippen molar-refractivity contribution in [2.24, 2.45) is 0 Å². The fraction of sp³-hybridized carbons (Fsp3) is 0.227. The topological polar surface area (TPSA) is 112 Å². The standard InChI is InChI=1S/C22H24N2O7S2/c1-16-8-10-19(11-9-16)33(28,29)23-13-12-18(14-23)22(25)24(32(4,26)27)15-17-6-5-7-20(30-2)21(17)31-3/h5-14H,15H2,1-4H3. The molecule has 176 valence electrons. The molecule has 0 N–H and O–H groups in total. The largest absolute Gasteiger partial charge is 0.493 e. The van der Waals surface area contributed by atoms with E-state index in [0.29, 0.717) is 21.4 Å². The van der Waals surface area contributed by atoms with Crippen molar-refractivity contribution in [2.45, 2.75) is 18.4 Å². The summed E-state index contributed by atoms with van der Waals surface area (Å²) in [5.74, 6) is -0.201. The molecule has 1 aromatic heterocycles. The van der Waals surface area contributed by atoms with Gasteiger partial charge in [-0.05, 0) is 31.2 Å². The summed E-state index contributed by atoms with van der Waals surface area (Å²) in [4.78, 5) is 13.2. The molecule has 0 atom stereocenters. The van der Waals surface area contributed by atoms with Crippen molar-refractivity contribution in [3.05, 3.63) is 77.6 Å². The fourth-order valence-corrected chi connectivity index (χ4v) is 5.18. The SMILES string of the molecule is COc1cccc(CN(C(=O)c2ccn(S(=O)(=O)c3ccc(C)cc3)c2)S(C)(=O)=O)c1OC. The van der Waals surface area contributed by atoms with Gasteiger partial charge in [0.2, 0.25) is 10.0 Å². The van der Waals surface area contributed by atoms with Crippen molar-refractivity contribution in [3.8, 4) is 11.5 Å². The van der Waals surface area contributed by atoms with Crippen LogP contribution < -0.4 is 9.47 Å². The normalized spacial score (nSPS) is 11.8. The highest BCUT2D eigenvalue weighted by Crippen LogP contribution is 2.32. The van der Waals surface area contributed by atoms with Crippen LogP contribution in [-0.2, 0) is 26.6 Å². The average Bonchev–Trinajstić information content (AvgIpc) is 3.27. The van der Waals surface area contributed by atoms with E-state index in [1.807, 2.05) is 6.92 Å². The van der Waals surface area contributed by atoms with Crippen molar-refractivity contribution in [1.29, 1.82) is 0 Å². The number of methoxy groups -OCH3 is 2. The molecule has 1 heterocycles. The van der Waals surface area contributed by atoms with Crippen molar-refractivity contribution in [1.82, 2.24) is 8.28 Å². The van der Waals surface area contributed by atoms with Gasteiger partial charge in [-0.2, -0.15) is 0 Å². The van der Waals surface area contributed by atoms with E-state index in [1.54, 1.807) is 30.3 Å². The molecule has 0 saturated heterocycles. The van der Waals surface area contributed by atoms with Gasteiger partial charge < -0.3 is 9.47 Å². The maximum absolute atomic E-state index is 13.1. The summed E-state index contributed by atoms with van der Waals surface area (Å²) in [5.41, 5.74) is 1.20. The lowest BCUT2D eigenvalue weighted by Gasteiger charge is -2.22. The molecule has 9 nitrogen and oxygen atoms in total. The van der Waals surface area contributed by atoms with E-state index in [9.17, 15) is 21.6 Å². The van der Waals surface area contributed by atoms with Crippen LogP contribution in [0.25, 0.3) is 0 Å². The molecule has 1 amide bonds. The quantitative estimate of drug-likeness (QED) is 0.475. The second kappa shape index (κ2) is 9.28. The van der Waals surface area contributed by atoms with Crippen molar-refractivity contribution >= 4 is 26.0 Å². The summed E-state index contributed by atoms with van der Waals surface area (Å²) >= 11 is 0. The van der Waals surface area contributed by atoms with Crippen LogP contribution in [0.2, 0.25) is 0 Å². The van der Waals surface area contributed by atoms with Crippen molar-refractivity contribution < 1.29 is 31.1 Å². The Morgan fingerprint density at radius 1 is 0.970 bits per heavy atom. The highest BCUT2D eigenvalue weighted by molar-refractivity contribution is 7.90. The number of amides is 1. The van der Waals surface area contributed by atoms with Crippen LogP contribution in [0.4, 0.5) is 0 Å². The van der Waals surface area contributed by atoms with Gasteiger partial charge in [-0.25, -0.2) is 25.1 Å². The lowest BCUT2D eigenvalue weighted by Crippen LogP contribution is -2.35. The Balaban J connectivity index is 1.97. The molecular formula is C22H24N2O7S2. The van der Waals surface area contributed by atoms with Crippen LogP contribution in [0.1, 0.15) is 21.5 Å². The number of sulfonamides is 1. The predicted molar refractivity (Wildman–Crippen MR) is 122 cm³/mol. The summed E-state index contributed by atoms with van der Waals surface area (Å²) < 4.78 is 62.8. The average molecular weight is 493 g/mol. The number of aromatic nitrogens is 1. The van der Waals surface area contributed by atoms with E-state index in [1.165, 1.54) is 38.6 Å². The van der Waals surface area contributed by atoms with E-state index >= 15 is 0 Å². The first kappa shape index (κ1) is 24.3.